The summed E-state index contributed by atoms with van der Waals surface area (Å²) in [5, 5.41) is 18.6. The quantitative estimate of drug-likeness (QED) is 0.379. The molecule has 192 valence electrons. The molecule has 0 radical (unpaired) electrons. The van der Waals surface area contributed by atoms with Crippen molar-refractivity contribution in [1.29, 1.82) is 0 Å². The highest BCUT2D eigenvalue weighted by molar-refractivity contribution is 6.35. The molecule has 36 heavy (non-hydrogen) atoms. The van der Waals surface area contributed by atoms with E-state index >= 15 is 0 Å². The Hall–Kier alpha value is -2.84. The van der Waals surface area contributed by atoms with Crippen molar-refractivity contribution in [2.45, 2.75) is 32.5 Å². The Morgan fingerprint density at radius 3 is 2.19 bits per heavy atom. The van der Waals surface area contributed by atoms with Gasteiger partial charge in [0.05, 0.1) is 12.2 Å². The average molecular weight is 532 g/mol. The van der Waals surface area contributed by atoms with Gasteiger partial charge < -0.3 is 19.8 Å². The van der Waals surface area contributed by atoms with E-state index in [-0.39, 0.29) is 11.3 Å². The Kier molecular flexibility index (Phi) is 10.4. The third-order valence-electron chi connectivity index (χ3n) is 5.62. The topological polar surface area (TPSA) is 86.1 Å². The van der Waals surface area contributed by atoms with Gasteiger partial charge in [0.15, 0.2) is 0 Å². The highest BCUT2D eigenvalue weighted by Crippen LogP contribution is 2.30. The zero-order valence-electron chi connectivity index (χ0n) is 20.3. The first-order chi connectivity index (χ1) is 17.2. The Morgan fingerprint density at radius 2 is 1.64 bits per heavy atom. The molecule has 7 nitrogen and oxygen atoms in total. The van der Waals surface area contributed by atoms with E-state index in [2.05, 4.69) is 28.6 Å². The third-order valence-corrected chi connectivity index (χ3v) is 6.06. The van der Waals surface area contributed by atoms with Crippen molar-refractivity contribution in [3.8, 4) is 5.75 Å². The van der Waals surface area contributed by atoms with E-state index < -0.39 is 5.97 Å². The van der Waals surface area contributed by atoms with Crippen LogP contribution in [-0.2, 0) is 4.74 Å². The number of aromatic nitrogens is 1. The average Bonchev–Trinajstić information content (AvgIpc) is 2.82. The van der Waals surface area contributed by atoms with E-state index in [4.69, 9.17) is 38.2 Å². The van der Waals surface area contributed by atoms with Crippen LogP contribution < -0.4 is 4.90 Å². The lowest BCUT2D eigenvalue weighted by Gasteiger charge is -2.35. The molecule has 2 aromatic carbocycles. The van der Waals surface area contributed by atoms with Crippen molar-refractivity contribution in [2.75, 3.05) is 31.1 Å². The number of aromatic carboxylic acids is 1. The van der Waals surface area contributed by atoms with Gasteiger partial charge in [0.25, 0.3) is 0 Å². The molecule has 1 aromatic heterocycles. The van der Waals surface area contributed by atoms with Crippen molar-refractivity contribution in [1.82, 2.24) is 9.88 Å². The fourth-order valence-electron chi connectivity index (χ4n) is 4.20. The number of carboxylic acid groups (broad SMARTS) is 1. The molecule has 1 aliphatic heterocycles. The Bertz CT molecular complexity index is 1100. The van der Waals surface area contributed by atoms with Crippen molar-refractivity contribution >= 4 is 40.5 Å². The SMILES string of the molecule is CC1CN(CCCN(c2ccncc2)c2cc(Cl)cc(Cl)c2)CC(C)O1.O=C(O)c1ccccc1O. The van der Waals surface area contributed by atoms with Crippen LogP contribution in [-0.4, -0.2) is 64.5 Å². The van der Waals surface area contributed by atoms with Crippen LogP contribution in [0.4, 0.5) is 11.4 Å². The number of pyridine rings is 1. The van der Waals surface area contributed by atoms with E-state index in [0.29, 0.717) is 22.3 Å². The van der Waals surface area contributed by atoms with Gasteiger partial charge in [0.1, 0.15) is 11.3 Å². The maximum Gasteiger partial charge on any atom is 0.339 e. The molecule has 9 heteroatoms. The Balaban J connectivity index is 0.000000303. The van der Waals surface area contributed by atoms with Gasteiger partial charge in [-0.2, -0.15) is 0 Å². The number of halogens is 2. The number of hydrogen-bond acceptors (Lipinski definition) is 6. The van der Waals surface area contributed by atoms with Crippen molar-refractivity contribution in [2.24, 2.45) is 0 Å². The number of benzene rings is 2. The summed E-state index contributed by atoms with van der Waals surface area (Å²) in [6.07, 6.45) is 5.23. The van der Waals surface area contributed by atoms with E-state index in [1.165, 1.54) is 12.1 Å². The smallest absolute Gasteiger partial charge is 0.339 e. The van der Waals surface area contributed by atoms with Gasteiger partial charge in [-0.1, -0.05) is 35.3 Å². The van der Waals surface area contributed by atoms with Crippen LogP contribution in [0.1, 0.15) is 30.6 Å². The molecule has 0 aliphatic carbocycles. The Morgan fingerprint density at radius 1 is 1.03 bits per heavy atom. The number of ether oxygens (including phenoxy) is 1. The van der Waals surface area contributed by atoms with Gasteiger partial charge >= 0.3 is 5.97 Å². The number of nitrogens with zero attached hydrogens (tertiary/aromatic N) is 3. The van der Waals surface area contributed by atoms with Crippen LogP contribution in [0.15, 0.2) is 67.0 Å². The number of aromatic hydroxyl groups is 1. The van der Waals surface area contributed by atoms with Gasteiger partial charge in [0, 0.05) is 60.0 Å². The second kappa shape index (κ2) is 13.5. The summed E-state index contributed by atoms with van der Waals surface area (Å²) in [4.78, 5) is 19.1. The molecule has 2 atom stereocenters. The van der Waals surface area contributed by atoms with Crippen molar-refractivity contribution in [3.05, 3.63) is 82.6 Å². The summed E-state index contributed by atoms with van der Waals surface area (Å²) >= 11 is 12.4. The maximum absolute atomic E-state index is 10.3. The molecule has 4 rings (SSSR count). The summed E-state index contributed by atoms with van der Waals surface area (Å²) in [6, 6.07) is 15.5. The van der Waals surface area contributed by atoms with Gasteiger partial charge in [-0.3, -0.25) is 9.88 Å². The minimum Gasteiger partial charge on any atom is -0.507 e. The van der Waals surface area contributed by atoms with Crippen LogP contribution in [0.3, 0.4) is 0 Å². The van der Waals surface area contributed by atoms with Crippen LogP contribution in [0.25, 0.3) is 0 Å². The molecule has 2 unspecified atom stereocenters. The van der Waals surface area contributed by atoms with E-state index in [9.17, 15) is 4.79 Å². The number of carboxylic acids is 1. The fourth-order valence-corrected chi connectivity index (χ4v) is 4.71. The maximum atomic E-state index is 10.3. The zero-order valence-corrected chi connectivity index (χ0v) is 21.9. The summed E-state index contributed by atoms with van der Waals surface area (Å²) < 4.78 is 5.82. The number of para-hydroxylation sites is 1. The third kappa shape index (κ3) is 8.38. The number of rotatable bonds is 7. The molecule has 0 saturated carbocycles. The van der Waals surface area contributed by atoms with Crippen LogP contribution in [0, 0.1) is 0 Å². The van der Waals surface area contributed by atoms with Crippen LogP contribution >= 0.6 is 23.2 Å². The van der Waals surface area contributed by atoms with E-state index in [1.807, 2.05) is 24.3 Å². The predicted octanol–water partition coefficient (Wildman–Crippen LogP) is 6.12. The normalized spacial score (nSPS) is 17.7. The lowest BCUT2D eigenvalue weighted by atomic mass is 10.2. The molecule has 0 spiro atoms. The van der Waals surface area contributed by atoms with E-state index in [1.54, 1.807) is 30.6 Å². The first-order valence-electron chi connectivity index (χ1n) is 11.8. The monoisotopic (exact) mass is 531 g/mol. The number of morpholine rings is 1. The van der Waals surface area contributed by atoms with Crippen LogP contribution in [0.2, 0.25) is 10.0 Å². The zero-order chi connectivity index (χ0) is 26.1. The molecule has 3 aromatic rings. The predicted molar refractivity (Wildman–Crippen MR) is 144 cm³/mol. The summed E-state index contributed by atoms with van der Waals surface area (Å²) in [6.45, 7) is 8.17. The molecule has 1 fully saturated rings. The van der Waals surface area contributed by atoms with Crippen LogP contribution in [0.5, 0.6) is 5.75 Å². The number of anilines is 2. The molecule has 0 amide bonds. The highest BCUT2D eigenvalue weighted by atomic mass is 35.5. The van der Waals surface area contributed by atoms with E-state index in [0.717, 1.165) is 44.0 Å². The van der Waals surface area contributed by atoms with Gasteiger partial charge in [-0.15, -0.1) is 0 Å². The summed E-state index contributed by atoms with van der Waals surface area (Å²) in [5.74, 6) is -1.31. The number of hydrogen-bond donors (Lipinski definition) is 2. The minimum atomic E-state index is -1.11. The van der Waals surface area contributed by atoms with Gasteiger partial charge in [-0.05, 0) is 62.7 Å². The molecule has 0 bridgehead atoms. The standard InChI is InChI=1S/C20H25Cl2N3O.C7H6O3/c1-15-13-24(14-16(2)26-15)8-3-9-25(19-4-6-23-7-5-19)20-11-17(21)10-18(22)12-20;8-6-4-2-1-3-5(6)7(9)10/h4-7,10-12,15-16H,3,8-9,13-14H2,1-2H3;1-4,8H,(H,9,10). The molecule has 2 heterocycles. The second-order valence-electron chi connectivity index (χ2n) is 8.68. The lowest BCUT2D eigenvalue weighted by molar-refractivity contribution is -0.0679. The first kappa shape index (κ1) is 27.7. The summed E-state index contributed by atoms with van der Waals surface area (Å²) in [5.41, 5.74) is 2.02. The fraction of sp³-hybridized carbons (Fsp3) is 0.333. The molecular weight excluding hydrogens is 501 g/mol. The highest BCUT2D eigenvalue weighted by Gasteiger charge is 2.22. The van der Waals surface area contributed by atoms with Gasteiger partial charge in [-0.25, -0.2) is 4.79 Å². The Labute approximate surface area is 221 Å². The van der Waals surface area contributed by atoms with Crippen molar-refractivity contribution < 1.29 is 19.7 Å². The lowest BCUT2D eigenvalue weighted by Crippen LogP contribution is -2.46. The first-order valence-corrected chi connectivity index (χ1v) is 12.5. The van der Waals surface area contributed by atoms with Crippen molar-refractivity contribution in [3.63, 3.8) is 0 Å². The molecule has 1 saturated heterocycles. The number of phenols is 1. The van der Waals surface area contributed by atoms with Gasteiger partial charge in [0.2, 0.25) is 0 Å². The minimum absolute atomic E-state index is 0.0671. The molecule has 1 aliphatic rings. The molecule has 2 N–H and O–H groups in total. The molecular formula is C27H31Cl2N3O4. The second-order valence-corrected chi connectivity index (χ2v) is 9.55. The summed E-state index contributed by atoms with van der Waals surface area (Å²) in [7, 11) is 0. The number of carbonyl (C=O) groups is 1. The largest absolute Gasteiger partial charge is 0.507 e.